The molecule has 29 heavy (non-hydrogen) atoms. The number of aromatic nitrogens is 4. The van der Waals surface area contributed by atoms with Gasteiger partial charge in [0.15, 0.2) is 5.65 Å². The van der Waals surface area contributed by atoms with Crippen molar-refractivity contribution < 1.29 is 22.3 Å². The highest BCUT2D eigenvalue weighted by Crippen LogP contribution is 2.33. The van der Waals surface area contributed by atoms with Crippen LogP contribution in [0.3, 0.4) is 0 Å². The van der Waals surface area contributed by atoms with Gasteiger partial charge in [-0.15, -0.1) is 0 Å². The lowest BCUT2D eigenvalue weighted by molar-refractivity contribution is -0.127. The number of hydrogen-bond donors (Lipinski definition) is 2. The Morgan fingerprint density at radius 2 is 2.03 bits per heavy atom. The van der Waals surface area contributed by atoms with Crippen LogP contribution < -0.4 is 5.32 Å². The highest BCUT2D eigenvalue weighted by Gasteiger charge is 2.38. The van der Waals surface area contributed by atoms with E-state index in [2.05, 4.69) is 25.5 Å². The van der Waals surface area contributed by atoms with E-state index in [4.69, 9.17) is 4.74 Å². The monoisotopic (exact) mass is 409 g/mol. The predicted octanol–water partition coefficient (Wildman–Crippen LogP) is 3.97. The third kappa shape index (κ3) is 4.16. The van der Waals surface area contributed by atoms with Gasteiger partial charge in [-0.05, 0) is 25.0 Å². The maximum Gasteiger partial charge on any atom is 0.298 e. The van der Waals surface area contributed by atoms with Crippen molar-refractivity contribution in [3.05, 3.63) is 48.2 Å². The molecule has 2 N–H and O–H groups in total. The molecule has 1 aliphatic rings. The molecular weight excluding hydrogens is 390 g/mol. The minimum absolute atomic E-state index is 0.0826. The number of fused-ring (bicyclic) bond motifs is 1. The van der Waals surface area contributed by atoms with E-state index >= 15 is 0 Å². The average molecular weight is 409 g/mol. The third-order valence-electron chi connectivity index (χ3n) is 5.05. The summed E-state index contributed by atoms with van der Waals surface area (Å²) >= 11 is 0. The van der Waals surface area contributed by atoms with Gasteiger partial charge in [-0.1, -0.05) is 12.1 Å². The number of benzene rings is 1. The first-order chi connectivity index (χ1) is 13.9. The van der Waals surface area contributed by atoms with Crippen LogP contribution in [0.5, 0.6) is 0 Å². The number of hydrogen-bond acceptors (Lipinski definition) is 5. The molecule has 1 saturated carbocycles. The Labute approximate surface area is 163 Å². The van der Waals surface area contributed by atoms with Crippen molar-refractivity contribution in [1.82, 2.24) is 20.2 Å². The minimum atomic E-state index is -3.53. The number of rotatable bonds is 6. The van der Waals surface area contributed by atoms with Crippen molar-refractivity contribution in [2.45, 2.75) is 43.5 Å². The van der Waals surface area contributed by atoms with Crippen LogP contribution in [0.25, 0.3) is 11.0 Å². The van der Waals surface area contributed by atoms with Gasteiger partial charge < -0.3 is 10.1 Å². The Bertz CT molecular complexity index is 982. The van der Waals surface area contributed by atoms with Gasteiger partial charge in [0.25, 0.3) is 5.92 Å². The topological polar surface area (TPSA) is 75.7 Å². The fraction of sp³-hybridized carbons (Fsp3) is 0.421. The van der Waals surface area contributed by atoms with Gasteiger partial charge in [0.2, 0.25) is 0 Å². The number of nitrogens with one attached hydrogen (secondary N) is 2. The number of alkyl halides is 3. The maximum absolute atomic E-state index is 14.6. The SMILES string of the molecule is Fc1ccccc1C(F)(F)COC1CC[C@H](Nc2ncnc3[nH]ncc23)CC1F. The fourth-order valence-electron chi connectivity index (χ4n) is 3.53. The first kappa shape index (κ1) is 19.6. The lowest BCUT2D eigenvalue weighted by Crippen LogP contribution is -2.40. The molecular formula is C19H19F4N5O. The van der Waals surface area contributed by atoms with Gasteiger partial charge in [0.1, 0.15) is 30.7 Å². The zero-order chi connectivity index (χ0) is 20.4. The smallest absolute Gasteiger partial charge is 0.298 e. The highest BCUT2D eigenvalue weighted by atomic mass is 19.3. The predicted molar refractivity (Wildman–Crippen MR) is 97.9 cm³/mol. The Hall–Kier alpha value is -2.75. The molecule has 0 radical (unpaired) electrons. The van der Waals surface area contributed by atoms with Crippen LogP contribution >= 0.6 is 0 Å². The van der Waals surface area contributed by atoms with Crippen molar-refractivity contribution in [2.75, 3.05) is 11.9 Å². The Kier molecular flexibility index (Phi) is 5.35. The second kappa shape index (κ2) is 7.94. The van der Waals surface area contributed by atoms with Crippen LogP contribution in [-0.2, 0) is 10.7 Å². The molecule has 2 unspecified atom stereocenters. The summed E-state index contributed by atoms with van der Waals surface area (Å²) in [6.45, 7) is -1.07. The number of nitrogens with zero attached hydrogens (tertiary/aromatic N) is 3. The molecule has 0 aliphatic heterocycles. The van der Waals surface area contributed by atoms with Crippen molar-refractivity contribution in [3.8, 4) is 0 Å². The summed E-state index contributed by atoms with van der Waals surface area (Å²) in [6.07, 6.45) is 1.40. The summed E-state index contributed by atoms with van der Waals surface area (Å²) in [4.78, 5) is 8.20. The van der Waals surface area contributed by atoms with E-state index in [9.17, 15) is 17.6 Å². The molecule has 4 rings (SSSR count). The summed E-state index contributed by atoms with van der Waals surface area (Å²) in [5.74, 6) is -4.01. The number of anilines is 1. The van der Waals surface area contributed by atoms with Gasteiger partial charge in [-0.2, -0.15) is 13.9 Å². The summed E-state index contributed by atoms with van der Waals surface area (Å²) in [5.41, 5.74) is -0.189. The molecule has 154 valence electrons. The molecule has 6 nitrogen and oxygen atoms in total. The summed E-state index contributed by atoms with van der Waals surface area (Å²) in [5, 5.41) is 10.5. The molecule has 0 amide bonds. The van der Waals surface area contributed by atoms with Gasteiger partial charge in [0, 0.05) is 12.5 Å². The van der Waals surface area contributed by atoms with E-state index in [1.165, 1.54) is 18.5 Å². The quantitative estimate of drug-likeness (QED) is 0.603. The second-order valence-electron chi connectivity index (χ2n) is 7.06. The molecule has 3 aromatic rings. The van der Waals surface area contributed by atoms with Crippen molar-refractivity contribution >= 4 is 16.9 Å². The zero-order valence-corrected chi connectivity index (χ0v) is 15.3. The molecule has 10 heteroatoms. The first-order valence-electron chi connectivity index (χ1n) is 9.23. The van der Waals surface area contributed by atoms with Gasteiger partial charge in [-0.3, -0.25) is 5.10 Å². The summed E-state index contributed by atoms with van der Waals surface area (Å²) in [6, 6.07) is 4.39. The Balaban J connectivity index is 1.35. The summed E-state index contributed by atoms with van der Waals surface area (Å²) in [7, 11) is 0. The maximum atomic E-state index is 14.6. The van der Waals surface area contributed by atoms with Crippen molar-refractivity contribution in [2.24, 2.45) is 0 Å². The second-order valence-corrected chi connectivity index (χ2v) is 7.06. The van der Waals surface area contributed by atoms with E-state index in [0.29, 0.717) is 23.3 Å². The molecule has 0 bridgehead atoms. The molecule has 1 fully saturated rings. The van der Waals surface area contributed by atoms with Crippen molar-refractivity contribution in [3.63, 3.8) is 0 Å². The summed E-state index contributed by atoms with van der Waals surface area (Å²) < 4.78 is 61.9. The zero-order valence-electron chi connectivity index (χ0n) is 15.3. The fourth-order valence-corrected chi connectivity index (χ4v) is 3.53. The lowest BCUT2D eigenvalue weighted by Gasteiger charge is -2.33. The van der Waals surface area contributed by atoms with E-state index in [1.807, 2.05) is 0 Å². The molecule has 1 aliphatic carbocycles. The Morgan fingerprint density at radius 3 is 2.83 bits per heavy atom. The van der Waals surface area contributed by atoms with Gasteiger partial charge in [0.05, 0.1) is 23.3 Å². The first-order valence-corrected chi connectivity index (χ1v) is 9.23. The van der Waals surface area contributed by atoms with E-state index in [-0.39, 0.29) is 18.9 Å². The van der Waals surface area contributed by atoms with Crippen LogP contribution in [0.15, 0.2) is 36.8 Å². The molecule has 3 atom stereocenters. The van der Waals surface area contributed by atoms with Crippen LogP contribution in [0.1, 0.15) is 24.8 Å². The van der Waals surface area contributed by atoms with E-state index in [0.717, 1.165) is 12.1 Å². The highest BCUT2D eigenvalue weighted by molar-refractivity contribution is 5.85. The number of aromatic amines is 1. The van der Waals surface area contributed by atoms with Crippen LogP contribution in [0.4, 0.5) is 23.4 Å². The molecule has 1 aromatic carbocycles. The minimum Gasteiger partial charge on any atom is -0.369 e. The third-order valence-corrected chi connectivity index (χ3v) is 5.05. The number of H-pyrrole nitrogens is 1. The normalized spacial score (nSPS) is 22.7. The van der Waals surface area contributed by atoms with Gasteiger partial charge >= 0.3 is 0 Å². The van der Waals surface area contributed by atoms with E-state index in [1.54, 1.807) is 6.20 Å². The van der Waals surface area contributed by atoms with Crippen LogP contribution in [0.2, 0.25) is 0 Å². The molecule has 0 saturated heterocycles. The Morgan fingerprint density at radius 1 is 1.21 bits per heavy atom. The van der Waals surface area contributed by atoms with Crippen molar-refractivity contribution in [1.29, 1.82) is 0 Å². The molecule has 0 spiro atoms. The molecule has 2 heterocycles. The number of ether oxygens (including phenoxy) is 1. The van der Waals surface area contributed by atoms with E-state index < -0.39 is 36.2 Å². The standard InChI is InChI=1S/C19H19F4N5O/c20-14-4-2-1-3-13(14)19(22,23)9-29-16-6-5-11(7-15(16)21)27-17-12-8-26-28-18(12)25-10-24-17/h1-4,8,10-11,15-16H,5-7,9H2,(H2,24,25,26,27,28)/t11-,15?,16?/m0/s1. The van der Waals surface area contributed by atoms with Crippen LogP contribution in [0, 0.1) is 5.82 Å². The van der Waals surface area contributed by atoms with Gasteiger partial charge in [-0.25, -0.2) is 18.7 Å². The lowest BCUT2D eigenvalue weighted by atomic mass is 9.91. The molecule has 2 aromatic heterocycles. The largest absolute Gasteiger partial charge is 0.369 e. The van der Waals surface area contributed by atoms with Crippen LogP contribution in [-0.4, -0.2) is 45.1 Å². The average Bonchev–Trinajstić information content (AvgIpc) is 3.17. The number of halogens is 4.